The Morgan fingerprint density at radius 3 is 0.917 bits per heavy atom. The minimum Gasteiger partial charge on any atom is -0.422 e. The molecule has 0 bridgehead atoms. The summed E-state index contributed by atoms with van der Waals surface area (Å²) in [7, 11) is -9.76. The molecule has 0 spiro atoms. The van der Waals surface area contributed by atoms with Gasteiger partial charge in [-0.05, 0) is 6.42 Å². The molecule has 0 heterocycles. The molecule has 146 valence electrons. The topological polar surface area (TPSA) is 55.4 Å². The lowest BCUT2D eigenvalue weighted by atomic mass is 10.4. The summed E-state index contributed by atoms with van der Waals surface area (Å²) in [6.07, 6.45) is 0.861. The molecule has 24 heavy (non-hydrogen) atoms. The van der Waals surface area contributed by atoms with Crippen LogP contribution in [0.15, 0.2) is 0 Å². The van der Waals surface area contributed by atoms with E-state index in [1.54, 1.807) is 0 Å². The van der Waals surface area contributed by atoms with Crippen LogP contribution in [0.3, 0.4) is 0 Å². The first-order valence-corrected chi connectivity index (χ1v) is 24.7. The van der Waals surface area contributed by atoms with Crippen LogP contribution in [-0.4, -0.2) is 76.2 Å². The molecule has 0 unspecified atom stereocenters. The van der Waals surface area contributed by atoms with Gasteiger partial charge in [-0.1, -0.05) is 53.1 Å². The van der Waals surface area contributed by atoms with Crippen LogP contribution in [-0.2, 0) is 24.7 Å². The van der Waals surface area contributed by atoms with Crippen molar-refractivity contribution in [1.29, 1.82) is 0 Å². The van der Waals surface area contributed by atoms with Gasteiger partial charge in [0.05, 0.1) is 0 Å². The molecule has 14 heteroatoms. The Bertz CT molecular complexity index is 278. The Morgan fingerprint density at radius 2 is 0.792 bits per heavy atom. The summed E-state index contributed by atoms with van der Waals surface area (Å²) in [6.45, 7) is 17.3. The maximum atomic E-state index is 6.46. The molecule has 0 radical (unpaired) electrons. The van der Waals surface area contributed by atoms with E-state index < -0.39 is 76.2 Å². The van der Waals surface area contributed by atoms with Crippen LogP contribution in [0.25, 0.3) is 0 Å². The van der Waals surface area contributed by atoms with E-state index in [1.165, 1.54) is 0 Å². The molecule has 0 saturated carbocycles. The molecule has 0 fully saturated rings. The summed E-state index contributed by atoms with van der Waals surface area (Å²) < 4.78 is 38.4. The van der Waals surface area contributed by atoms with Gasteiger partial charge in [-0.25, -0.2) is 0 Å². The second kappa shape index (κ2) is 12.8. The second-order valence-corrected chi connectivity index (χ2v) is 20.7. The lowest BCUT2D eigenvalue weighted by Crippen LogP contribution is -2.71. The molecule has 0 aromatic rings. The summed E-state index contributed by atoms with van der Waals surface area (Å²) in [5.41, 5.74) is 0. The van der Waals surface area contributed by atoms with Gasteiger partial charge in [0.1, 0.15) is 63.2 Å². The van der Waals surface area contributed by atoms with Crippen molar-refractivity contribution in [3.63, 3.8) is 0 Å². The Hall–Kier alpha value is 1.50. The fourth-order valence-corrected chi connectivity index (χ4v) is 32.5. The predicted molar refractivity (Wildman–Crippen MR) is 123 cm³/mol. The van der Waals surface area contributed by atoms with Crippen molar-refractivity contribution < 1.29 is 24.7 Å². The standard InChI is InChI=1S/C10H38O6Si8/c1-9-10(2,23(11-17-3,12-18-4)13-19-5)24(14-20-6,15-21-7)16-22-8/h9,17-22H2,1-8H3. The molecule has 0 saturated heterocycles. The maximum absolute atomic E-state index is 6.46. The van der Waals surface area contributed by atoms with Crippen molar-refractivity contribution in [1.82, 2.24) is 0 Å². The van der Waals surface area contributed by atoms with Crippen molar-refractivity contribution in [2.24, 2.45) is 0 Å². The zero-order chi connectivity index (χ0) is 18.7. The first kappa shape index (κ1) is 25.5. The lowest BCUT2D eigenvalue weighted by Gasteiger charge is -2.51. The summed E-state index contributed by atoms with van der Waals surface area (Å²) in [4.78, 5) is 0. The van der Waals surface area contributed by atoms with Gasteiger partial charge >= 0.3 is 17.6 Å². The van der Waals surface area contributed by atoms with E-state index >= 15 is 0 Å². The minimum atomic E-state index is -2.86. The fourth-order valence-electron chi connectivity index (χ4n) is 2.97. The Balaban J connectivity index is 6.30. The van der Waals surface area contributed by atoms with Crippen molar-refractivity contribution in [3.05, 3.63) is 0 Å². The SMILES string of the molecule is CCC(C)([Si](O[SiH2]C)(O[SiH2]C)O[SiH2]C)[Si](O[SiH2]C)(O[SiH2]C)O[SiH2]C. The smallest absolute Gasteiger partial charge is 0.422 e. The molecular weight excluding hydrogens is 441 g/mol. The largest absolute Gasteiger partial charge is 0.479 e. The average molecular weight is 479 g/mol. The van der Waals surface area contributed by atoms with Crippen LogP contribution >= 0.6 is 0 Å². The highest BCUT2D eigenvalue weighted by atomic mass is 28.5. The number of hydrogen-bond donors (Lipinski definition) is 0. The molecule has 0 rings (SSSR count). The third-order valence-electron chi connectivity index (χ3n) is 4.06. The van der Waals surface area contributed by atoms with Crippen LogP contribution in [0.5, 0.6) is 0 Å². The highest BCUT2D eigenvalue weighted by molar-refractivity contribution is 6.93. The summed E-state index contributed by atoms with van der Waals surface area (Å²) in [5, 5.41) is 0. The fraction of sp³-hybridized carbons (Fsp3) is 1.00. The van der Waals surface area contributed by atoms with E-state index in [1.807, 2.05) is 0 Å². The molecule has 0 aromatic heterocycles. The zero-order valence-corrected chi connectivity index (χ0v) is 27.4. The molecule has 0 aliphatic carbocycles. The Morgan fingerprint density at radius 1 is 0.583 bits per heavy atom. The van der Waals surface area contributed by atoms with Crippen LogP contribution in [0, 0.1) is 0 Å². The Labute approximate surface area is 164 Å². The zero-order valence-electron chi connectivity index (χ0n) is 16.9. The van der Waals surface area contributed by atoms with Crippen molar-refractivity contribution in [2.45, 2.75) is 64.2 Å². The highest BCUT2D eigenvalue weighted by Crippen LogP contribution is 2.51. The quantitative estimate of drug-likeness (QED) is 0.266. The van der Waals surface area contributed by atoms with Gasteiger partial charge in [0.25, 0.3) is 0 Å². The van der Waals surface area contributed by atoms with E-state index in [2.05, 4.69) is 53.1 Å². The van der Waals surface area contributed by atoms with Crippen LogP contribution in [0.2, 0.25) is 43.9 Å². The summed E-state index contributed by atoms with van der Waals surface area (Å²) >= 11 is 0. The van der Waals surface area contributed by atoms with Gasteiger partial charge in [0.2, 0.25) is 0 Å². The highest BCUT2D eigenvalue weighted by Gasteiger charge is 2.71. The minimum absolute atomic E-state index is 0.371. The first-order chi connectivity index (χ1) is 11.4. The van der Waals surface area contributed by atoms with E-state index in [0.717, 1.165) is 6.42 Å². The number of hydrogen-bond acceptors (Lipinski definition) is 6. The van der Waals surface area contributed by atoms with E-state index in [-0.39, 0.29) is 4.66 Å². The maximum Gasteiger partial charge on any atom is 0.479 e. The van der Waals surface area contributed by atoms with Gasteiger partial charge < -0.3 is 24.7 Å². The summed E-state index contributed by atoms with van der Waals surface area (Å²) in [5.74, 6) is 0. The third kappa shape index (κ3) is 5.50. The molecule has 0 N–H and O–H groups in total. The van der Waals surface area contributed by atoms with Crippen molar-refractivity contribution in [3.8, 4) is 0 Å². The average Bonchev–Trinajstić information content (AvgIpc) is 2.55. The first-order valence-electron chi connectivity index (χ1n) is 9.26. The van der Waals surface area contributed by atoms with E-state index in [9.17, 15) is 0 Å². The second-order valence-electron chi connectivity index (χ2n) is 5.40. The van der Waals surface area contributed by atoms with Crippen molar-refractivity contribution >= 4 is 76.2 Å². The van der Waals surface area contributed by atoms with Crippen LogP contribution < -0.4 is 0 Å². The predicted octanol–water partition coefficient (Wildman–Crippen LogP) is -1.54. The van der Waals surface area contributed by atoms with E-state index in [0.29, 0.717) is 0 Å². The van der Waals surface area contributed by atoms with Crippen LogP contribution in [0.4, 0.5) is 0 Å². The van der Waals surface area contributed by atoms with Crippen molar-refractivity contribution in [2.75, 3.05) is 0 Å². The Kier molecular flexibility index (Phi) is 13.6. The van der Waals surface area contributed by atoms with Gasteiger partial charge in [-0.2, -0.15) is 0 Å². The molecule has 0 aromatic carbocycles. The van der Waals surface area contributed by atoms with Gasteiger partial charge in [0, 0.05) is 0 Å². The van der Waals surface area contributed by atoms with Crippen LogP contribution in [0.1, 0.15) is 20.3 Å². The molecule has 0 amide bonds. The molecular formula is C10H38O6Si8. The molecule has 0 aliphatic rings. The normalized spacial score (nSPS) is 22.5. The molecule has 6 nitrogen and oxygen atoms in total. The summed E-state index contributed by atoms with van der Waals surface area (Å²) in [6, 6.07) is 0. The van der Waals surface area contributed by atoms with Gasteiger partial charge in [-0.3, -0.25) is 0 Å². The lowest BCUT2D eigenvalue weighted by molar-refractivity contribution is 0.191. The monoisotopic (exact) mass is 478 g/mol. The van der Waals surface area contributed by atoms with Gasteiger partial charge in [-0.15, -0.1) is 0 Å². The molecule has 0 atom stereocenters. The van der Waals surface area contributed by atoms with Gasteiger partial charge in [0.15, 0.2) is 0 Å². The van der Waals surface area contributed by atoms with E-state index in [4.69, 9.17) is 24.7 Å². The molecule has 0 aliphatic heterocycles. The third-order valence-corrected chi connectivity index (χ3v) is 25.4. The number of rotatable bonds is 15.